The molecular weight excluding hydrogens is 274 g/mol. The lowest BCUT2D eigenvalue weighted by Crippen LogP contribution is -2.44. The minimum atomic E-state index is -0.982. The number of aromatic nitrogens is 2. The number of halogens is 1. The standard InChI is InChI=1S/C11H12ClN3O4/c1-15(8-5-19-4-6(8)11(17)18)10(16)7-2-14-9(12)3-13-7/h2-3,6,8H,4-5H2,1H3,(H,17,18). The summed E-state index contributed by atoms with van der Waals surface area (Å²) < 4.78 is 5.13. The molecule has 8 heteroatoms. The predicted molar refractivity (Wildman–Crippen MR) is 64.9 cm³/mol. The number of amides is 1. The summed E-state index contributed by atoms with van der Waals surface area (Å²) in [6.45, 7) is 0.296. The lowest BCUT2D eigenvalue weighted by atomic mass is 10.0. The third-order valence-electron chi connectivity index (χ3n) is 3.02. The maximum absolute atomic E-state index is 12.1. The van der Waals surface area contributed by atoms with Crippen molar-refractivity contribution in [3.63, 3.8) is 0 Å². The average molecular weight is 286 g/mol. The number of likely N-dealkylation sites (N-methyl/N-ethyl adjacent to an activating group) is 1. The summed E-state index contributed by atoms with van der Waals surface area (Å²) >= 11 is 5.59. The van der Waals surface area contributed by atoms with Crippen LogP contribution in [-0.4, -0.2) is 58.2 Å². The Morgan fingerprint density at radius 1 is 1.42 bits per heavy atom. The van der Waals surface area contributed by atoms with Gasteiger partial charge in [0.05, 0.1) is 31.6 Å². The number of carboxylic acids is 1. The Bertz CT molecular complexity index is 493. The van der Waals surface area contributed by atoms with Crippen molar-refractivity contribution >= 4 is 23.5 Å². The van der Waals surface area contributed by atoms with Crippen LogP contribution in [0.15, 0.2) is 12.4 Å². The van der Waals surface area contributed by atoms with Gasteiger partial charge in [-0.05, 0) is 0 Å². The van der Waals surface area contributed by atoms with Gasteiger partial charge in [0.1, 0.15) is 16.8 Å². The maximum atomic E-state index is 12.1. The molecule has 2 unspecified atom stereocenters. The van der Waals surface area contributed by atoms with E-state index in [1.54, 1.807) is 0 Å². The minimum absolute atomic E-state index is 0.101. The SMILES string of the molecule is CN(C(=O)c1cnc(Cl)cn1)C1COCC1C(=O)O. The topological polar surface area (TPSA) is 92.6 Å². The summed E-state index contributed by atoms with van der Waals surface area (Å²) in [5.74, 6) is -2.12. The van der Waals surface area contributed by atoms with Gasteiger partial charge in [0, 0.05) is 7.05 Å². The van der Waals surface area contributed by atoms with Crippen molar-refractivity contribution in [3.05, 3.63) is 23.2 Å². The molecule has 19 heavy (non-hydrogen) atoms. The van der Waals surface area contributed by atoms with E-state index in [0.717, 1.165) is 0 Å². The molecular formula is C11H12ClN3O4. The number of aliphatic carboxylic acids is 1. The molecule has 0 aromatic carbocycles. The van der Waals surface area contributed by atoms with Gasteiger partial charge in [0.25, 0.3) is 5.91 Å². The van der Waals surface area contributed by atoms with Crippen LogP contribution in [-0.2, 0) is 9.53 Å². The first-order chi connectivity index (χ1) is 9.00. The summed E-state index contributed by atoms with van der Waals surface area (Å²) in [6.07, 6.45) is 2.52. The largest absolute Gasteiger partial charge is 0.481 e. The van der Waals surface area contributed by atoms with Gasteiger partial charge in [-0.2, -0.15) is 0 Å². The molecule has 0 bridgehead atoms. The molecule has 1 saturated heterocycles. The zero-order valence-electron chi connectivity index (χ0n) is 10.1. The number of ether oxygens (including phenoxy) is 1. The Hall–Kier alpha value is -1.73. The van der Waals surface area contributed by atoms with E-state index in [1.165, 1.54) is 24.3 Å². The highest BCUT2D eigenvalue weighted by Gasteiger charge is 2.38. The van der Waals surface area contributed by atoms with E-state index in [0.29, 0.717) is 0 Å². The van der Waals surface area contributed by atoms with Gasteiger partial charge in [-0.15, -0.1) is 0 Å². The quantitative estimate of drug-likeness (QED) is 0.859. The van der Waals surface area contributed by atoms with Gasteiger partial charge in [-0.3, -0.25) is 9.59 Å². The molecule has 0 radical (unpaired) electrons. The normalized spacial score (nSPS) is 22.2. The molecule has 102 valence electrons. The lowest BCUT2D eigenvalue weighted by Gasteiger charge is -2.25. The number of hydrogen-bond donors (Lipinski definition) is 1. The van der Waals surface area contributed by atoms with Gasteiger partial charge in [0.15, 0.2) is 0 Å². The van der Waals surface area contributed by atoms with Gasteiger partial charge in [-0.1, -0.05) is 11.6 Å². The van der Waals surface area contributed by atoms with Gasteiger partial charge in [-0.25, -0.2) is 9.97 Å². The predicted octanol–water partition coefficient (Wildman–Crippen LogP) is 0.302. The van der Waals surface area contributed by atoms with E-state index in [1.807, 2.05) is 0 Å². The van der Waals surface area contributed by atoms with Gasteiger partial charge >= 0.3 is 5.97 Å². The van der Waals surface area contributed by atoms with Crippen LogP contribution in [0.4, 0.5) is 0 Å². The summed E-state index contributed by atoms with van der Waals surface area (Å²) in [5.41, 5.74) is 0.114. The van der Waals surface area contributed by atoms with Crippen LogP contribution in [0.1, 0.15) is 10.5 Å². The molecule has 1 aliphatic heterocycles. The molecule has 0 saturated carbocycles. The lowest BCUT2D eigenvalue weighted by molar-refractivity contribution is -0.142. The van der Waals surface area contributed by atoms with Crippen LogP contribution in [0.5, 0.6) is 0 Å². The van der Waals surface area contributed by atoms with Crippen molar-refractivity contribution in [1.82, 2.24) is 14.9 Å². The van der Waals surface area contributed by atoms with Crippen molar-refractivity contribution in [2.45, 2.75) is 6.04 Å². The first-order valence-electron chi connectivity index (χ1n) is 5.56. The molecule has 2 heterocycles. The summed E-state index contributed by atoms with van der Waals surface area (Å²) in [4.78, 5) is 32.2. The monoisotopic (exact) mass is 285 g/mol. The van der Waals surface area contributed by atoms with Gasteiger partial charge < -0.3 is 14.7 Å². The molecule has 7 nitrogen and oxygen atoms in total. The molecule has 1 N–H and O–H groups in total. The third kappa shape index (κ3) is 2.82. The number of nitrogens with zero attached hydrogens (tertiary/aromatic N) is 3. The molecule has 1 aromatic heterocycles. The fourth-order valence-corrected chi connectivity index (χ4v) is 2.01. The molecule has 0 spiro atoms. The Morgan fingerprint density at radius 3 is 2.74 bits per heavy atom. The van der Waals surface area contributed by atoms with Crippen LogP contribution in [0, 0.1) is 5.92 Å². The first kappa shape index (κ1) is 13.7. The smallest absolute Gasteiger partial charge is 0.311 e. The second-order valence-corrected chi connectivity index (χ2v) is 4.58. The minimum Gasteiger partial charge on any atom is -0.481 e. The molecule has 1 aromatic rings. The van der Waals surface area contributed by atoms with Crippen molar-refractivity contribution < 1.29 is 19.4 Å². The Morgan fingerprint density at radius 2 is 2.16 bits per heavy atom. The number of carbonyl (C=O) groups is 2. The van der Waals surface area contributed by atoms with E-state index >= 15 is 0 Å². The highest BCUT2D eigenvalue weighted by molar-refractivity contribution is 6.29. The zero-order chi connectivity index (χ0) is 14.0. The number of carboxylic acid groups (broad SMARTS) is 1. The van der Waals surface area contributed by atoms with E-state index in [-0.39, 0.29) is 24.1 Å². The van der Waals surface area contributed by atoms with Crippen molar-refractivity contribution in [2.75, 3.05) is 20.3 Å². The highest BCUT2D eigenvalue weighted by atomic mass is 35.5. The Balaban J connectivity index is 2.14. The fraction of sp³-hybridized carbons (Fsp3) is 0.455. The van der Waals surface area contributed by atoms with Crippen LogP contribution in [0.25, 0.3) is 0 Å². The first-order valence-corrected chi connectivity index (χ1v) is 5.93. The van der Waals surface area contributed by atoms with Gasteiger partial charge in [0.2, 0.25) is 0 Å². The average Bonchev–Trinajstić information content (AvgIpc) is 2.87. The Kier molecular flexibility index (Phi) is 3.96. The Labute approximate surface area is 114 Å². The summed E-state index contributed by atoms with van der Waals surface area (Å²) in [5, 5.41) is 9.24. The highest BCUT2D eigenvalue weighted by Crippen LogP contribution is 2.20. The molecule has 2 rings (SSSR count). The number of rotatable bonds is 3. The van der Waals surface area contributed by atoms with Crippen LogP contribution < -0.4 is 0 Å². The van der Waals surface area contributed by atoms with E-state index in [2.05, 4.69) is 9.97 Å². The van der Waals surface area contributed by atoms with Crippen molar-refractivity contribution in [2.24, 2.45) is 5.92 Å². The van der Waals surface area contributed by atoms with Crippen LogP contribution >= 0.6 is 11.6 Å². The second kappa shape index (κ2) is 5.50. The summed E-state index contributed by atoms with van der Waals surface area (Å²) in [7, 11) is 1.52. The second-order valence-electron chi connectivity index (χ2n) is 4.19. The summed E-state index contributed by atoms with van der Waals surface area (Å²) in [6, 6.07) is -0.512. The molecule has 0 aliphatic carbocycles. The van der Waals surface area contributed by atoms with E-state index in [4.69, 9.17) is 21.4 Å². The van der Waals surface area contributed by atoms with Crippen LogP contribution in [0.3, 0.4) is 0 Å². The maximum Gasteiger partial charge on any atom is 0.311 e. The fourth-order valence-electron chi connectivity index (χ4n) is 1.91. The van der Waals surface area contributed by atoms with Crippen LogP contribution in [0.2, 0.25) is 5.15 Å². The molecule has 2 atom stereocenters. The zero-order valence-corrected chi connectivity index (χ0v) is 10.9. The van der Waals surface area contributed by atoms with Crippen molar-refractivity contribution in [3.8, 4) is 0 Å². The van der Waals surface area contributed by atoms with E-state index in [9.17, 15) is 9.59 Å². The number of carbonyl (C=O) groups excluding carboxylic acids is 1. The molecule has 1 amide bonds. The molecule has 1 fully saturated rings. The third-order valence-corrected chi connectivity index (χ3v) is 3.22. The number of hydrogen-bond acceptors (Lipinski definition) is 5. The molecule has 1 aliphatic rings. The van der Waals surface area contributed by atoms with E-state index < -0.39 is 23.8 Å². The van der Waals surface area contributed by atoms with Crippen molar-refractivity contribution in [1.29, 1.82) is 0 Å².